The molecule has 1 fully saturated rings. The molecule has 0 spiro atoms. The Balaban J connectivity index is 1.27. The third kappa shape index (κ3) is 3.57. The highest BCUT2D eigenvalue weighted by Crippen LogP contribution is 2.64. The van der Waals surface area contributed by atoms with Crippen molar-refractivity contribution < 1.29 is 9.47 Å². The lowest BCUT2D eigenvalue weighted by Crippen LogP contribution is -2.12. The molecule has 2 aliphatic rings. The second-order valence-electron chi connectivity index (χ2n) is 7.10. The molecule has 2 unspecified atom stereocenters. The maximum atomic E-state index is 5.96. The highest BCUT2D eigenvalue weighted by atomic mass is 32.2. The van der Waals surface area contributed by atoms with E-state index in [2.05, 4.69) is 24.3 Å². The molecule has 5 heteroatoms. The van der Waals surface area contributed by atoms with Crippen LogP contribution < -0.4 is 20.9 Å². The van der Waals surface area contributed by atoms with Crippen LogP contribution >= 0.6 is 11.8 Å². The number of hydrogen-bond donors (Lipinski definition) is 2. The maximum Gasteiger partial charge on any atom is 0.127 e. The van der Waals surface area contributed by atoms with Gasteiger partial charge in [0.25, 0.3) is 0 Å². The van der Waals surface area contributed by atoms with Crippen molar-refractivity contribution in [1.29, 1.82) is 0 Å². The number of nitrogens with two attached hydrogens (primary N) is 2. The van der Waals surface area contributed by atoms with E-state index in [0.717, 1.165) is 34.4 Å². The van der Waals surface area contributed by atoms with Gasteiger partial charge in [-0.1, -0.05) is 18.2 Å². The van der Waals surface area contributed by atoms with Gasteiger partial charge in [0.05, 0.1) is 10.00 Å². The number of thioether (sulfide) groups is 1. The molecule has 1 saturated heterocycles. The zero-order valence-corrected chi connectivity index (χ0v) is 16.4. The van der Waals surface area contributed by atoms with E-state index in [1.807, 2.05) is 78.5 Å². The van der Waals surface area contributed by atoms with E-state index >= 15 is 0 Å². The van der Waals surface area contributed by atoms with Crippen LogP contribution in [0.4, 0.5) is 11.4 Å². The van der Waals surface area contributed by atoms with Gasteiger partial charge < -0.3 is 20.9 Å². The number of fused-ring (bicyclic) bond motifs is 1. The van der Waals surface area contributed by atoms with Gasteiger partial charge in [-0.05, 0) is 78.4 Å². The van der Waals surface area contributed by atoms with Crippen molar-refractivity contribution >= 4 is 23.1 Å². The number of benzene rings is 3. The molecule has 4 nitrogen and oxygen atoms in total. The summed E-state index contributed by atoms with van der Waals surface area (Å²) in [5, 5.41) is 0.375. The van der Waals surface area contributed by atoms with E-state index in [1.165, 1.54) is 5.56 Å². The van der Waals surface area contributed by atoms with Crippen LogP contribution in [0, 0.1) is 0 Å². The van der Waals surface area contributed by atoms with Crippen molar-refractivity contribution in [3.8, 4) is 17.2 Å². The Morgan fingerprint density at radius 2 is 1.21 bits per heavy atom. The molecular formula is C24H20N2O2S. The minimum atomic E-state index is -0.00625. The van der Waals surface area contributed by atoms with Crippen LogP contribution in [0.3, 0.4) is 0 Å². The lowest BCUT2D eigenvalue weighted by atomic mass is 9.92. The fourth-order valence-electron chi connectivity index (χ4n) is 3.40. The van der Waals surface area contributed by atoms with E-state index in [4.69, 9.17) is 20.9 Å². The molecule has 1 aliphatic heterocycles. The summed E-state index contributed by atoms with van der Waals surface area (Å²) in [6.45, 7) is 0. The molecule has 4 N–H and O–H groups in total. The van der Waals surface area contributed by atoms with E-state index in [0.29, 0.717) is 5.25 Å². The highest BCUT2D eigenvalue weighted by molar-refractivity contribution is 8.08. The van der Waals surface area contributed by atoms with Crippen molar-refractivity contribution in [2.45, 2.75) is 10.00 Å². The first-order valence-electron chi connectivity index (χ1n) is 9.37. The van der Waals surface area contributed by atoms with Gasteiger partial charge in [0.2, 0.25) is 0 Å². The van der Waals surface area contributed by atoms with Gasteiger partial charge in [-0.2, -0.15) is 0 Å². The van der Waals surface area contributed by atoms with Crippen LogP contribution in [0.5, 0.6) is 17.2 Å². The average molecular weight is 401 g/mol. The Kier molecular flexibility index (Phi) is 4.25. The zero-order chi connectivity index (χ0) is 19.8. The Bertz CT molecular complexity index is 1090. The summed E-state index contributed by atoms with van der Waals surface area (Å²) in [5.74, 6) is 3.23. The Morgan fingerprint density at radius 1 is 0.690 bits per heavy atom. The summed E-state index contributed by atoms with van der Waals surface area (Å²) in [7, 11) is 0. The monoisotopic (exact) mass is 400 g/mol. The van der Waals surface area contributed by atoms with Gasteiger partial charge in [0.15, 0.2) is 0 Å². The van der Waals surface area contributed by atoms with Crippen LogP contribution in [0.15, 0.2) is 96.8 Å². The predicted molar refractivity (Wildman–Crippen MR) is 119 cm³/mol. The van der Waals surface area contributed by atoms with Gasteiger partial charge in [0, 0.05) is 11.4 Å². The molecule has 144 valence electrons. The van der Waals surface area contributed by atoms with Crippen molar-refractivity contribution in [1.82, 2.24) is 0 Å². The molecule has 2 atom stereocenters. The molecule has 1 aliphatic carbocycles. The molecule has 0 amide bonds. The third-order valence-corrected chi connectivity index (χ3v) is 6.56. The topological polar surface area (TPSA) is 70.5 Å². The average Bonchev–Trinajstić information content (AvgIpc) is 3.47. The summed E-state index contributed by atoms with van der Waals surface area (Å²) < 4.78 is 11.8. The molecule has 1 heterocycles. The van der Waals surface area contributed by atoms with E-state index in [9.17, 15) is 0 Å². The zero-order valence-electron chi connectivity index (χ0n) is 15.6. The number of ether oxygens (including phenoxy) is 2. The summed E-state index contributed by atoms with van der Waals surface area (Å²) in [6, 6.07) is 23.1. The van der Waals surface area contributed by atoms with E-state index in [-0.39, 0.29) is 4.75 Å². The highest BCUT2D eigenvalue weighted by Gasteiger charge is 2.55. The standard InChI is InChI=1S/C24H20N2O2S/c25-17-3-9-20(10-4-17)27-19-7-1-16(2-8-19)24-14-13-22(15-23(24)29-24)28-21-11-5-18(26)6-12-21/h1-15,23H,25-26H2. The maximum absolute atomic E-state index is 5.96. The minimum Gasteiger partial charge on any atom is -0.458 e. The van der Waals surface area contributed by atoms with Gasteiger partial charge in [-0.15, -0.1) is 11.8 Å². The van der Waals surface area contributed by atoms with Crippen LogP contribution in [-0.2, 0) is 4.75 Å². The van der Waals surface area contributed by atoms with Crippen molar-refractivity contribution in [2.75, 3.05) is 11.5 Å². The Hall–Kier alpha value is -3.31. The van der Waals surface area contributed by atoms with Gasteiger partial charge in [-0.3, -0.25) is 0 Å². The van der Waals surface area contributed by atoms with Gasteiger partial charge >= 0.3 is 0 Å². The first-order valence-corrected chi connectivity index (χ1v) is 10.2. The summed E-state index contributed by atoms with van der Waals surface area (Å²) >= 11 is 1.91. The van der Waals surface area contributed by atoms with Crippen molar-refractivity contribution in [2.24, 2.45) is 0 Å². The minimum absolute atomic E-state index is 0.00625. The molecule has 3 aromatic rings. The predicted octanol–water partition coefficient (Wildman–Crippen LogP) is 5.49. The lowest BCUT2D eigenvalue weighted by Gasteiger charge is -2.16. The largest absolute Gasteiger partial charge is 0.458 e. The summed E-state index contributed by atoms with van der Waals surface area (Å²) in [4.78, 5) is 0. The van der Waals surface area contributed by atoms with Gasteiger partial charge in [-0.25, -0.2) is 0 Å². The molecule has 0 aromatic heterocycles. The normalized spacial score (nSPS) is 21.8. The smallest absolute Gasteiger partial charge is 0.127 e. The number of nitrogen functional groups attached to an aromatic ring is 2. The van der Waals surface area contributed by atoms with Crippen LogP contribution in [0.2, 0.25) is 0 Å². The van der Waals surface area contributed by atoms with Crippen molar-refractivity contribution in [3.63, 3.8) is 0 Å². The summed E-state index contributed by atoms with van der Waals surface area (Å²) in [6.07, 6.45) is 6.45. The molecule has 3 aromatic carbocycles. The number of rotatable bonds is 5. The first-order chi connectivity index (χ1) is 14.1. The van der Waals surface area contributed by atoms with Crippen LogP contribution in [-0.4, -0.2) is 5.25 Å². The molecular weight excluding hydrogens is 380 g/mol. The Morgan fingerprint density at radius 3 is 1.76 bits per heavy atom. The SMILES string of the molecule is Nc1ccc(OC2=CC3SC3(c3ccc(Oc4ccc(N)cc4)cc3)C=C2)cc1. The molecule has 5 rings (SSSR count). The van der Waals surface area contributed by atoms with Crippen molar-refractivity contribution in [3.05, 3.63) is 102 Å². The van der Waals surface area contributed by atoms with Gasteiger partial charge in [0.1, 0.15) is 23.0 Å². The van der Waals surface area contributed by atoms with Crippen LogP contribution in [0.1, 0.15) is 5.56 Å². The summed E-state index contributed by atoms with van der Waals surface area (Å²) in [5.41, 5.74) is 14.2. The quantitative estimate of drug-likeness (QED) is 0.438. The fraction of sp³-hybridized carbons (Fsp3) is 0.0833. The number of hydrogen-bond acceptors (Lipinski definition) is 5. The molecule has 0 radical (unpaired) electrons. The fourth-order valence-corrected chi connectivity index (χ4v) is 4.66. The van der Waals surface area contributed by atoms with Crippen LogP contribution in [0.25, 0.3) is 0 Å². The van der Waals surface area contributed by atoms with E-state index in [1.54, 1.807) is 0 Å². The first kappa shape index (κ1) is 17.8. The molecule has 29 heavy (non-hydrogen) atoms. The number of anilines is 2. The number of allylic oxidation sites excluding steroid dienone is 1. The second kappa shape index (κ2) is 6.94. The Labute approximate surface area is 173 Å². The second-order valence-corrected chi connectivity index (χ2v) is 8.52. The lowest BCUT2D eigenvalue weighted by molar-refractivity contribution is 0.439. The molecule has 0 saturated carbocycles. The van der Waals surface area contributed by atoms with E-state index < -0.39 is 0 Å². The third-order valence-electron chi connectivity index (χ3n) is 5.04. The molecule has 0 bridgehead atoms.